The van der Waals surface area contributed by atoms with Crippen LogP contribution in [0.25, 0.3) is 6.08 Å². The summed E-state index contributed by atoms with van der Waals surface area (Å²) in [6.07, 6.45) is 2.31. The van der Waals surface area contributed by atoms with E-state index >= 15 is 0 Å². The van der Waals surface area contributed by atoms with Crippen molar-refractivity contribution in [1.29, 1.82) is 0 Å². The molecule has 1 aliphatic rings. The maximum Gasteiger partial charge on any atom is -1.00 e. The van der Waals surface area contributed by atoms with Gasteiger partial charge in [-0.3, -0.25) is 0 Å². The third-order valence-electron chi connectivity index (χ3n) is 2.15. The standard InChI is InChI=1S/C10H9.3ClH.Hf/c1-8-6-9-4-2-3-5-10(9)7-8;;;;/h2-7H,1H3;3*1H;/q;;;;+3/p-3. The molecule has 0 saturated heterocycles. The van der Waals surface area contributed by atoms with Gasteiger partial charge in [0.1, 0.15) is 0 Å². The van der Waals surface area contributed by atoms with E-state index in [-0.39, 0.29) is 37.2 Å². The first-order valence-corrected chi connectivity index (χ1v) is 5.84. The first-order chi connectivity index (χ1) is 5.29. The van der Waals surface area contributed by atoms with Crippen LogP contribution in [0.3, 0.4) is 0 Å². The Morgan fingerprint density at radius 3 is 2.21 bits per heavy atom. The zero-order valence-corrected chi connectivity index (χ0v) is 13.5. The first kappa shape index (κ1) is 17.1. The fourth-order valence-electron chi connectivity index (χ4n) is 1.48. The summed E-state index contributed by atoms with van der Waals surface area (Å²) in [7, 11) is 0. The van der Waals surface area contributed by atoms with Crippen LogP contribution in [-0.2, 0) is 24.4 Å². The van der Waals surface area contributed by atoms with Crippen LogP contribution in [0.5, 0.6) is 0 Å². The molecule has 2 rings (SSSR count). The van der Waals surface area contributed by atoms with Crippen LogP contribution in [0.2, 0.25) is 0 Å². The molecule has 1 aliphatic carbocycles. The van der Waals surface area contributed by atoms with Gasteiger partial charge in [0.15, 0.2) is 0 Å². The Bertz CT molecular complexity index is 323. The van der Waals surface area contributed by atoms with Crippen LogP contribution < -0.4 is 37.2 Å². The topological polar surface area (TPSA) is 0 Å². The zero-order valence-electron chi connectivity index (χ0n) is 7.60. The third-order valence-corrected chi connectivity index (χ3v) is 4.90. The summed E-state index contributed by atoms with van der Waals surface area (Å²) in [6, 6.07) is 8.70. The van der Waals surface area contributed by atoms with E-state index in [9.17, 15) is 0 Å². The van der Waals surface area contributed by atoms with Crippen molar-refractivity contribution in [3.05, 3.63) is 41.0 Å². The summed E-state index contributed by atoms with van der Waals surface area (Å²) in [6.45, 7) is 2.23. The van der Waals surface area contributed by atoms with Gasteiger partial charge >= 0.3 is 82.0 Å². The molecule has 0 heterocycles. The number of allylic oxidation sites excluding steroid dienone is 1. The molecule has 4 heteroatoms. The van der Waals surface area contributed by atoms with E-state index in [0.29, 0.717) is 0 Å². The van der Waals surface area contributed by atoms with Gasteiger partial charge in [0.25, 0.3) is 0 Å². The van der Waals surface area contributed by atoms with Gasteiger partial charge < -0.3 is 37.2 Å². The maximum absolute atomic E-state index is 2.31. The van der Waals surface area contributed by atoms with Crippen molar-refractivity contribution in [2.24, 2.45) is 0 Å². The van der Waals surface area contributed by atoms with Crippen molar-refractivity contribution >= 4 is 6.08 Å². The predicted octanol–water partition coefficient (Wildman–Crippen LogP) is -6.30. The number of hydrogen-bond acceptors (Lipinski definition) is 0. The summed E-state index contributed by atoms with van der Waals surface area (Å²) >= 11 is 1.24. The van der Waals surface area contributed by atoms with Crippen LogP contribution >= 0.6 is 0 Å². The molecule has 1 aromatic rings. The van der Waals surface area contributed by atoms with E-state index in [0.717, 1.165) is 3.67 Å². The molecule has 0 aromatic heterocycles. The minimum absolute atomic E-state index is 0. The van der Waals surface area contributed by atoms with E-state index in [1.54, 1.807) is 0 Å². The Morgan fingerprint density at radius 1 is 1.07 bits per heavy atom. The molecule has 0 saturated carbocycles. The number of rotatable bonds is 0. The van der Waals surface area contributed by atoms with Gasteiger partial charge in [-0.25, -0.2) is 0 Å². The van der Waals surface area contributed by atoms with Gasteiger partial charge in [0.2, 0.25) is 0 Å². The van der Waals surface area contributed by atoms with Crippen LogP contribution in [0.4, 0.5) is 0 Å². The van der Waals surface area contributed by atoms with E-state index in [1.807, 2.05) is 0 Å². The summed E-state index contributed by atoms with van der Waals surface area (Å²) in [4.78, 5) is 0. The number of hydrogen-bond donors (Lipinski definition) is 0. The van der Waals surface area contributed by atoms with Gasteiger partial charge in [0.05, 0.1) is 0 Å². The van der Waals surface area contributed by atoms with E-state index in [2.05, 4.69) is 37.3 Å². The summed E-state index contributed by atoms with van der Waals surface area (Å²) < 4.78 is 0.770. The second kappa shape index (κ2) is 7.05. The van der Waals surface area contributed by atoms with Gasteiger partial charge in [-0.1, -0.05) is 0 Å². The van der Waals surface area contributed by atoms with Gasteiger partial charge in [0, 0.05) is 0 Å². The molecule has 14 heavy (non-hydrogen) atoms. The van der Waals surface area contributed by atoms with Crippen molar-refractivity contribution in [1.82, 2.24) is 0 Å². The maximum atomic E-state index is 2.31. The van der Waals surface area contributed by atoms with Crippen molar-refractivity contribution < 1.29 is 61.6 Å². The minimum atomic E-state index is 0. The molecule has 0 radical (unpaired) electrons. The van der Waals surface area contributed by atoms with Crippen molar-refractivity contribution in [3.63, 3.8) is 0 Å². The van der Waals surface area contributed by atoms with E-state index < -0.39 is 0 Å². The monoisotopic (exact) mass is 414 g/mol. The molecular weight excluding hydrogens is 405 g/mol. The molecule has 1 aromatic carbocycles. The molecule has 0 amide bonds. The Kier molecular flexibility index (Phi) is 8.62. The van der Waals surface area contributed by atoms with E-state index in [4.69, 9.17) is 0 Å². The van der Waals surface area contributed by atoms with Crippen LogP contribution in [0.15, 0.2) is 29.8 Å². The Labute approximate surface area is 118 Å². The van der Waals surface area contributed by atoms with Crippen LogP contribution in [0.1, 0.15) is 21.7 Å². The molecule has 0 bridgehead atoms. The quantitative estimate of drug-likeness (QED) is 0.371. The molecule has 0 fully saturated rings. The van der Waals surface area contributed by atoms with Gasteiger partial charge in [-0.05, 0) is 0 Å². The fourth-order valence-corrected chi connectivity index (χ4v) is 2.72. The molecule has 0 spiro atoms. The Hall–Kier alpha value is 0.700. The average Bonchev–Trinajstić information content (AvgIpc) is 2.30. The first-order valence-electron chi connectivity index (χ1n) is 3.77. The number of halogens is 3. The Balaban J connectivity index is 0. The fraction of sp³-hybridized carbons (Fsp3) is 0.200. The van der Waals surface area contributed by atoms with Crippen LogP contribution in [0, 0.1) is 0 Å². The number of fused-ring (bicyclic) bond motifs is 1. The summed E-state index contributed by atoms with van der Waals surface area (Å²) in [5.74, 6) is 0. The van der Waals surface area contributed by atoms with Gasteiger partial charge in [-0.15, -0.1) is 0 Å². The molecule has 0 aliphatic heterocycles. The molecule has 1 atom stereocenters. The normalized spacial score (nSPS) is 16.8. The largest absolute Gasteiger partial charge is 1.00 e. The van der Waals surface area contributed by atoms with Crippen molar-refractivity contribution in [2.45, 2.75) is 10.6 Å². The molecule has 0 nitrogen and oxygen atoms in total. The second-order valence-electron chi connectivity index (χ2n) is 2.95. The third kappa shape index (κ3) is 3.10. The number of benzene rings is 1. The molecule has 0 N–H and O–H groups in total. The zero-order chi connectivity index (χ0) is 7.84. The summed E-state index contributed by atoms with van der Waals surface area (Å²) in [5.41, 5.74) is 4.51. The smallest absolute Gasteiger partial charge is 1.00 e. The molecule has 1 unspecified atom stereocenters. The average molecular weight is 414 g/mol. The summed E-state index contributed by atoms with van der Waals surface area (Å²) in [5, 5.41) is 0. The minimum Gasteiger partial charge on any atom is -1.00 e. The SMILES string of the molecule is CC1=Cc2ccccc2[CH]1[Hf+3].[Cl-].[Cl-].[Cl-]. The molecular formula is C10H9Cl3Hf. The van der Waals surface area contributed by atoms with Crippen molar-refractivity contribution in [3.8, 4) is 0 Å². The van der Waals surface area contributed by atoms with Crippen molar-refractivity contribution in [2.75, 3.05) is 0 Å². The Morgan fingerprint density at radius 2 is 1.64 bits per heavy atom. The van der Waals surface area contributed by atoms with Gasteiger partial charge in [-0.2, -0.15) is 0 Å². The predicted molar refractivity (Wildman–Crippen MR) is 42.8 cm³/mol. The second-order valence-corrected chi connectivity index (χ2v) is 5.02. The van der Waals surface area contributed by atoms with Crippen LogP contribution in [-0.4, -0.2) is 0 Å². The van der Waals surface area contributed by atoms with E-state index in [1.165, 1.54) is 41.1 Å². The molecule has 74 valence electrons.